The molecule has 2 aromatic rings. The van der Waals surface area contributed by atoms with E-state index >= 15 is 0 Å². The number of unbranched alkanes of at least 4 members (excludes halogenated alkanes) is 1. The molecule has 0 radical (unpaired) electrons. The monoisotopic (exact) mass is 332 g/mol. The number of hydrogen-bond donors (Lipinski definition) is 2. The van der Waals surface area contributed by atoms with E-state index in [4.69, 9.17) is 10.5 Å². The summed E-state index contributed by atoms with van der Waals surface area (Å²) in [6, 6.07) is 5.19. The molecule has 1 aromatic carbocycles. The fourth-order valence-corrected chi connectivity index (χ4v) is 2.90. The molecule has 2 rings (SSSR count). The highest BCUT2D eigenvalue weighted by Gasteiger charge is 2.18. The van der Waals surface area contributed by atoms with Gasteiger partial charge in [-0.25, -0.2) is 0 Å². The Bertz CT molecular complexity index is 752. The van der Waals surface area contributed by atoms with Crippen molar-refractivity contribution in [1.82, 2.24) is 4.57 Å². The summed E-state index contributed by atoms with van der Waals surface area (Å²) < 4.78 is 7.39. The van der Waals surface area contributed by atoms with Gasteiger partial charge < -0.3 is 20.1 Å². The molecule has 5 nitrogen and oxygen atoms in total. The highest BCUT2D eigenvalue weighted by Crippen LogP contribution is 2.33. The Kier molecular flexibility index (Phi) is 6.12. The first-order valence-electron chi connectivity index (χ1n) is 8.77. The van der Waals surface area contributed by atoms with Gasteiger partial charge in [0.15, 0.2) is 5.75 Å². The summed E-state index contributed by atoms with van der Waals surface area (Å²) >= 11 is 0. The zero-order valence-electron chi connectivity index (χ0n) is 14.8. The molecular weight excluding hydrogens is 304 g/mol. The Labute approximate surface area is 143 Å². The zero-order valence-corrected chi connectivity index (χ0v) is 14.8. The Morgan fingerprint density at radius 3 is 2.71 bits per heavy atom. The maximum absolute atomic E-state index is 12.8. The maximum atomic E-state index is 12.8. The van der Waals surface area contributed by atoms with Crippen LogP contribution in [0, 0.1) is 5.92 Å². The van der Waals surface area contributed by atoms with Crippen molar-refractivity contribution in [1.29, 1.82) is 0 Å². The molecule has 0 saturated carbocycles. The number of nitrogens with zero attached hydrogens (tertiary/aromatic N) is 1. The SMILES string of the molecule is CCCCn1c(=O)c(OCC(C)CCC)c(O)c2ccc(N)cc21. The summed E-state index contributed by atoms with van der Waals surface area (Å²) in [5, 5.41) is 11.1. The number of rotatable bonds is 8. The number of pyridine rings is 1. The van der Waals surface area contributed by atoms with Crippen LogP contribution in [0.4, 0.5) is 5.69 Å². The van der Waals surface area contributed by atoms with Gasteiger partial charge in [0.1, 0.15) is 0 Å². The van der Waals surface area contributed by atoms with Gasteiger partial charge in [0.2, 0.25) is 5.75 Å². The summed E-state index contributed by atoms with van der Waals surface area (Å²) in [4.78, 5) is 12.8. The van der Waals surface area contributed by atoms with Crippen molar-refractivity contribution in [3.8, 4) is 11.5 Å². The number of aromatic hydroxyl groups is 1. The van der Waals surface area contributed by atoms with Gasteiger partial charge in [-0.15, -0.1) is 0 Å². The lowest BCUT2D eigenvalue weighted by Crippen LogP contribution is -2.24. The van der Waals surface area contributed by atoms with Crippen LogP contribution in [0.1, 0.15) is 46.5 Å². The second-order valence-electron chi connectivity index (χ2n) is 6.47. The topological polar surface area (TPSA) is 77.5 Å². The lowest BCUT2D eigenvalue weighted by atomic mass is 10.1. The summed E-state index contributed by atoms with van der Waals surface area (Å²) in [5.41, 5.74) is 6.79. The number of fused-ring (bicyclic) bond motifs is 1. The van der Waals surface area contributed by atoms with Crippen molar-refractivity contribution in [3.63, 3.8) is 0 Å². The van der Waals surface area contributed by atoms with Crippen molar-refractivity contribution >= 4 is 16.6 Å². The van der Waals surface area contributed by atoms with E-state index in [2.05, 4.69) is 20.8 Å². The van der Waals surface area contributed by atoms with Gasteiger partial charge in [0.25, 0.3) is 5.56 Å². The third-order valence-corrected chi connectivity index (χ3v) is 4.25. The van der Waals surface area contributed by atoms with Gasteiger partial charge in [0, 0.05) is 17.6 Å². The number of nitrogens with two attached hydrogens (primary N) is 1. The van der Waals surface area contributed by atoms with Gasteiger partial charge in [-0.3, -0.25) is 4.79 Å². The maximum Gasteiger partial charge on any atom is 0.297 e. The molecule has 5 heteroatoms. The first kappa shape index (κ1) is 18.2. The third kappa shape index (κ3) is 3.83. The van der Waals surface area contributed by atoms with Crippen molar-refractivity contribution in [2.45, 2.75) is 53.0 Å². The fourth-order valence-electron chi connectivity index (χ4n) is 2.90. The van der Waals surface area contributed by atoms with Crippen LogP contribution in [0.15, 0.2) is 23.0 Å². The quantitative estimate of drug-likeness (QED) is 0.719. The number of ether oxygens (including phenoxy) is 1. The molecule has 1 heterocycles. The summed E-state index contributed by atoms with van der Waals surface area (Å²) in [7, 11) is 0. The Hall–Kier alpha value is -2.17. The number of anilines is 1. The molecule has 1 aromatic heterocycles. The van der Waals surface area contributed by atoms with E-state index in [0.29, 0.717) is 35.7 Å². The lowest BCUT2D eigenvalue weighted by Gasteiger charge is -2.17. The van der Waals surface area contributed by atoms with E-state index in [9.17, 15) is 9.90 Å². The van der Waals surface area contributed by atoms with Gasteiger partial charge in [-0.05, 0) is 37.0 Å². The molecule has 0 aliphatic rings. The van der Waals surface area contributed by atoms with Crippen LogP contribution in [0.3, 0.4) is 0 Å². The smallest absolute Gasteiger partial charge is 0.297 e. The summed E-state index contributed by atoms with van der Waals surface area (Å²) in [5.74, 6) is 0.290. The Balaban J connectivity index is 2.50. The molecule has 24 heavy (non-hydrogen) atoms. The highest BCUT2D eigenvalue weighted by molar-refractivity contribution is 5.89. The molecule has 0 saturated heterocycles. The van der Waals surface area contributed by atoms with Crippen molar-refractivity contribution in [3.05, 3.63) is 28.6 Å². The number of benzene rings is 1. The van der Waals surface area contributed by atoms with Crippen LogP contribution < -0.4 is 16.0 Å². The van der Waals surface area contributed by atoms with Crippen LogP contribution in [0.25, 0.3) is 10.9 Å². The molecule has 1 atom stereocenters. The van der Waals surface area contributed by atoms with E-state index in [0.717, 1.165) is 25.7 Å². The van der Waals surface area contributed by atoms with Crippen LogP contribution >= 0.6 is 0 Å². The normalized spacial score (nSPS) is 12.5. The van der Waals surface area contributed by atoms with Gasteiger partial charge in [-0.1, -0.05) is 33.6 Å². The molecular formula is C19H28N2O3. The minimum atomic E-state index is -0.289. The first-order valence-corrected chi connectivity index (χ1v) is 8.77. The van der Waals surface area contributed by atoms with Crippen molar-refractivity contribution < 1.29 is 9.84 Å². The second kappa shape index (κ2) is 8.08. The number of aromatic nitrogens is 1. The minimum Gasteiger partial charge on any atom is -0.504 e. The molecule has 0 aliphatic carbocycles. The summed E-state index contributed by atoms with van der Waals surface area (Å²) in [6.45, 7) is 7.28. The standard InChI is InChI=1S/C19H28N2O3/c1-4-6-10-21-16-11-14(20)8-9-15(16)17(22)18(19(21)23)24-12-13(3)7-5-2/h8-9,11,13,22H,4-7,10,12,20H2,1-3H3. The average molecular weight is 332 g/mol. The largest absolute Gasteiger partial charge is 0.504 e. The third-order valence-electron chi connectivity index (χ3n) is 4.25. The number of aryl methyl sites for hydroxylation is 1. The predicted molar refractivity (Wildman–Crippen MR) is 98.8 cm³/mol. The van der Waals surface area contributed by atoms with E-state index in [1.165, 1.54) is 0 Å². The number of nitrogen functional groups attached to an aromatic ring is 1. The van der Waals surface area contributed by atoms with E-state index in [-0.39, 0.29) is 17.1 Å². The van der Waals surface area contributed by atoms with Crippen LogP contribution in [0.5, 0.6) is 11.5 Å². The van der Waals surface area contributed by atoms with E-state index in [1.807, 2.05) is 0 Å². The molecule has 132 valence electrons. The number of hydrogen-bond acceptors (Lipinski definition) is 4. The van der Waals surface area contributed by atoms with E-state index < -0.39 is 0 Å². The molecule has 0 amide bonds. The molecule has 0 fully saturated rings. The lowest BCUT2D eigenvalue weighted by molar-refractivity contribution is 0.238. The Morgan fingerprint density at radius 1 is 1.29 bits per heavy atom. The molecule has 0 spiro atoms. The van der Waals surface area contributed by atoms with Gasteiger partial charge in [-0.2, -0.15) is 0 Å². The van der Waals surface area contributed by atoms with Crippen LogP contribution in [-0.4, -0.2) is 16.3 Å². The van der Waals surface area contributed by atoms with Gasteiger partial charge in [0.05, 0.1) is 12.1 Å². The first-order chi connectivity index (χ1) is 11.5. The molecule has 1 unspecified atom stereocenters. The van der Waals surface area contributed by atoms with Crippen LogP contribution in [-0.2, 0) is 6.54 Å². The van der Waals surface area contributed by atoms with E-state index in [1.54, 1.807) is 22.8 Å². The van der Waals surface area contributed by atoms with Crippen molar-refractivity contribution in [2.24, 2.45) is 5.92 Å². The summed E-state index contributed by atoms with van der Waals surface area (Å²) in [6.07, 6.45) is 3.93. The molecule has 0 bridgehead atoms. The van der Waals surface area contributed by atoms with Crippen molar-refractivity contribution in [2.75, 3.05) is 12.3 Å². The minimum absolute atomic E-state index is 0.0475. The fraction of sp³-hybridized carbons (Fsp3) is 0.526. The molecule has 3 N–H and O–H groups in total. The van der Waals surface area contributed by atoms with Crippen LogP contribution in [0.2, 0.25) is 0 Å². The molecule has 0 aliphatic heterocycles. The highest BCUT2D eigenvalue weighted by atomic mass is 16.5. The van der Waals surface area contributed by atoms with Gasteiger partial charge >= 0.3 is 0 Å². The second-order valence-corrected chi connectivity index (χ2v) is 6.47. The zero-order chi connectivity index (χ0) is 17.7. The predicted octanol–water partition coefficient (Wildman–Crippen LogP) is 3.90. The Morgan fingerprint density at radius 2 is 2.04 bits per heavy atom. The average Bonchev–Trinajstić information content (AvgIpc) is 2.54.